The molecule has 1 aliphatic rings. The zero-order valence-electron chi connectivity index (χ0n) is 18.7. The van der Waals surface area contributed by atoms with Crippen LogP contribution in [0, 0.1) is 0 Å². The predicted molar refractivity (Wildman–Crippen MR) is 132 cm³/mol. The Kier molecular flexibility index (Phi) is 7.14. The van der Waals surface area contributed by atoms with Crippen LogP contribution in [0.4, 0.5) is 0 Å². The summed E-state index contributed by atoms with van der Waals surface area (Å²) in [5.74, 6) is -1.19. The van der Waals surface area contributed by atoms with Crippen LogP contribution >= 0.6 is 0 Å². The summed E-state index contributed by atoms with van der Waals surface area (Å²) in [6.45, 7) is 0.239. The number of rotatable bonds is 8. The van der Waals surface area contributed by atoms with E-state index in [-0.39, 0.29) is 13.0 Å². The summed E-state index contributed by atoms with van der Waals surface area (Å²) in [4.78, 5) is 28.5. The molecule has 3 aromatic rings. The number of carbonyl (C=O) groups excluding carboxylic acids is 2. The second kappa shape index (κ2) is 10.2. The Morgan fingerprint density at radius 1 is 1.12 bits per heavy atom. The van der Waals surface area contributed by atoms with Gasteiger partial charge in [-0.25, -0.2) is 8.42 Å². The number of piperidine rings is 1. The quantitative estimate of drug-likeness (QED) is 0.458. The van der Waals surface area contributed by atoms with Gasteiger partial charge in [-0.3, -0.25) is 9.59 Å². The van der Waals surface area contributed by atoms with Crippen LogP contribution in [-0.2, 0) is 26.0 Å². The molecule has 178 valence electrons. The summed E-state index contributed by atoms with van der Waals surface area (Å²) in [5.41, 5.74) is 8.11. The molecule has 1 fully saturated rings. The average molecular weight is 481 g/mol. The maximum atomic E-state index is 13.2. The van der Waals surface area contributed by atoms with E-state index in [4.69, 9.17) is 5.73 Å². The lowest BCUT2D eigenvalue weighted by Crippen LogP contribution is -2.55. The molecule has 4 rings (SSSR count). The number of benzene rings is 2. The van der Waals surface area contributed by atoms with Crippen LogP contribution in [0.5, 0.6) is 0 Å². The van der Waals surface area contributed by atoms with Crippen molar-refractivity contribution in [2.45, 2.75) is 37.8 Å². The number of primary amides is 1. The first-order chi connectivity index (χ1) is 16.3. The molecule has 1 saturated heterocycles. The first kappa shape index (κ1) is 23.7. The third-order valence-corrected chi connectivity index (χ3v) is 7.64. The van der Waals surface area contributed by atoms with E-state index in [0.717, 1.165) is 33.9 Å². The second-order valence-corrected chi connectivity index (χ2v) is 10.2. The highest BCUT2D eigenvalue weighted by atomic mass is 32.2. The molecule has 4 N–H and O–H groups in total. The fourth-order valence-corrected chi connectivity index (χ4v) is 5.71. The standard InChI is InChI=1S/C25H28N4O4S/c26-24(30)22(16-19-17-27-21-11-5-4-10-20(19)21)28-25(31)23-12-6-7-14-29(23)34(32,33)15-13-18-8-2-1-3-9-18/h1-5,8-11,13,15,17,22-23,27H,6-7,12,14,16H2,(H2,26,30)(H,28,31)/b15-13+/t22?,23-/m0/s1. The van der Waals surface area contributed by atoms with Crippen LogP contribution in [0.1, 0.15) is 30.4 Å². The van der Waals surface area contributed by atoms with Crippen molar-refractivity contribution in [1.82, 2.24) is 14.6 Å². The number of carbonyl (C=O) groups is 2. The fourth-order valence-electron chi connectivity index (χ4n) is 4.29. The van der Waals surface area contributed by atoms with Crippen molar-refractivity contribution >= 4 is 38.8 Å². The molecular formula is C25H28N4O4S. The maximum absolute atomic E-state index is 13.2. The lowest BCUT2D eigenvalue weighted by Gasteiger charge is -2.33. The van der Waals surface area contributed by atoms with E-state index in [1.807, 2.05) is 42.5 Å². The second-order valence-electron chi connectivity index (χ2n) is 8.41. The lowest BCUT2D eigenvalue weighted by molar-refractivity contribution is -0.130. The number of fused-ring (bicyclic) bond motifs is 1. The number of H-pyrrole nitrogens is 1. The number of nitrogens with zero attached hydrogens (tertiary/aromatic N) is 1. The number of para-hydroxylation sites is 1. The molecule has 0 aliphatic carbocycles. The Morgan fingerprint density at radius 3 is 2.62 bits per heavy atom. The SMILES string of the molecule is NC(=O)C(Cc1c[nH]c2ccccc12)NC(=O)[C@@H]1CCCCN1S(=O)(=O)/C=C/c1ccccc1. The number of hydrogen-bond acceptors (Lipinski definition) is 4. The first-order valence-corrected chi connectivity index (χ1v) is 12.7. The summed E-state index contributed by atoms with van der Waals surface area (Å²) in [6.07, 6.45) is 5.27. The van der Waals surface area contributed by atoms with Crippen LogP contribution < -0.4 is 11.1 Å². The Balaban J connectivity index is 1.51. The van der Waals surface area contributed by atoms with Gasteiger partial charge in [-0.05, 0) is 36.1 Å². The molecule has 0 bridgehead atoms. The van der Waals surface area contributed by atoms with E-state index < -0.39 is 33.9 Å². The largest absolute Gasteiger partial charge is 0.368 e. The highest BCUT2D eigenvalue weighted by Gasteiger charge is 2.37. The Morgan fingerprint density at radius 2 is 1.85 bits per heavy atom. The molecule has 1 aromatic heterocycles. The van der Waals surface area contributed by atoms with E-state index in [2.05, 4.69) is 10.3 Å². The minimum absolute atomic E-state index is 0.207. The van der Waals surface area contributed by atoms with Crippen LogP contribution in [0.2, 0.25) is 0 Å². The average Bonchev–Trinajstić information content (AvgIpc) is 3.26. The van der Waals surface area contributed by atoms with Gasteiger partial charge >= 0.3 is 0 Å². The summed E-state index contributed by atoms with van der Waals surface area (Å²) in [5, 5.41) is 4.78. The molecule has 2 atom stereocenters. The van der Waals surface area contributed by atoms with Gasteiger partial charge < -0.3 is 16.0 Å². The number of nitrogens with one attached hydrogen (secondary N) is 2. The molecule has 9 heteroatoms. The van der Waals surface area contributed by atoms with Crippen LogP contribution in [0.15, 0.2) is 66.2 Å². The van der Waals surface area contributed by atoms with Crippen LogP contribution in [-0.4, -0.2) is 48.1 Å². The third-order valence-electron chi connectivity index (χ3n) is 6.07. The smallest absolute Gasteiger partial charge is 0.240 e. The van der Waals surface area contributed by atoms with Crippen LogP contribution in [0.25, 0.3) is 17.0 Å². The third kappa shape index (κ3) is 5.37. The normalized spacial score (nSPS) is 18.2. The van der Waals surface area contributed by atoms with Crippen molar-refractivity contribution in [2.24, 2.45) is 5.73 Å². The molecule has 0 spiro atoms. The van der Waals surface area contributed by atoms with Gasteiger partial charge in [0.1, 0.15) is 12.1 Å². The van der Waals surface area contributed by atoms with E-state index >= 15 is 0 Å². The molecule has 2 aromatic carbocycles. The van der Waals surface area contributed by atoms with Gasteiger partial charge in [0, 0.05) is 35.5 Å². The molecule has 0 radical (unpaired) electrons. The molecule has 0 saturated carbocycles. The molecule has 1 aliphatic heterocycles. The van der Waals surface area contributed by atoms with Crippen molar-refractivity contribution in [3.05, 3.63) is 77.3 Å². The molecule has 34 heavy (non-hydrogen) atoms. The Hall–Kier alpha value is -3.43. The number of sulfonamides is 1. The summed E-state index contributed by atoms with van der Waals surface area (Å²) in [6, 6.07) is 14.9. The topological polar surface area (TPSA) is 125 Å². The highest BCUT2D eigenvalue weighted by molar-refractivity contribution is 7.92. The van der Waals surface area contributed by atoms with E-state index in [0.29, 0.717) is 12.8 Å². The monoisotopic (exact) mass is 480 g/mol. The van der Waals surface area contributed by atoms with Crippen molar-refractivity contribution in [2.75, 3.05) is 6.54 Å². The number of aromatic nitrogens is 1. The predicted octanol–water partition coefficient (Wildman–Crippen LogP) is 2.54. The van der Waals surface area contributed by atoms with Crippen molar-refractivity contribution in [3.63, 3.8) is 0 Å². The van der Waals surface area contributed by atoms with Gasteiger partial charge in [-0.15, -0.1) is 0 Å². The van der Waals surface area contributed by atoms with Gasteiger partial charge in [0.15, 0.2) is 0 Å². The molecule has 2 heterocycles. The molecule has 1 unspecified atom stereocenters. The summed E-state index contributed by atoms with van der Waals surface area (Å²) >= 11 is 0. The minimum atomic E-state index is -3.84. The molecular weight excluding hydrogens is 452 g/mol. The Labute approximate surface area is 198 Å². The fraction of sp³-hybridized carbons (Fsp3) is 0.280. The van der Waals surface area contributed by atoms with Gasteiger partial charge in [0.25, 0.3) is 0 Å². The minimum Gasteiger partial charge on any atom is -0.368 e. The number of aromatic amines is 1. The van der Waals surface area contributed by atoms with E-state index in [1.165, 1.54) is 10.4 Å². The number of amides is 2. The number of nitrogens with two attached hydrogens (primary N) is 1. The lowest BCUT2D eigenvalue weighted by atomic mass is 10.0. The Bertz CT molecular complexity index is 1300. The van der Waals surface area contributed by atoms with E-state index in [1.54, 1.807) is 18.3 Å². The summed E-state index contributed by atoms with van der Waals surface area (Å²) < 4.78 is 27.3. The van der Waals surface area contributed by atoms with Gasteiger partial charge in [0.05, 0.1) is 0 Å². The zero-order valence-corrected chi connectivity index (χ0v) is 19.5. The van der Waals surface area contributed by atoms with Crippen molar-refractivity contribution in [1.29, 1.82) is 0 Å². The number of hydrogen-bond donors (Lipinski definition) is 3. The molecule has 8 nitrogen and oxygen atoms in total. The maximum Gasteiger partial charge on any atom is 0.240 e. The van der Waals surface area contributed by atoms with Gasteiger partial charge in [0.2, 0.25) is 21.8 Å². The highest BCUT2D eigenvalue weighted by Crippen LogP contribution is 2.23. The van der Waals surface area contributed by atoms with Gasteiger partial charge in [-0.1, -0.05) is 55.0 Å². The van der Waals surface area contributed by atoms with Crippen molar-refractivity contribution < 1.29 is 18.0 Å². The van der Waals surface area contributed by atoms with E-state index in [9.17, 15) is 18.0 Å². The van der Waals surface area contributed by atoms with Gasteiger partial charge in [-0.2, -0.15) is 4.31 Å². The first-order valence-electron chi connectivity index (χ1n) is 11.2. The zero-order chi connectivity index (χ0) is 24.1. The summed E-state index contributed by atoms with van der Waals surface area (Å²) in [7, 11) is -3.84. The molecule has 2 amide bonds. The van der Waals surface area contributed by atoms with Crippen molar-refractivity contribution in [3.8, 4) is 0 Å². The van der Waals surface area contributed by atoms with Crippen LogP contribution in [0.3, 0.4) is 0 Å².